The molecule has 0 spiro atoms. The molecule has 0 aromatic heterocycles. The van der Waals surface area contributed by atoms with Gasteiger partial charge in [-0.3, -0.25) is 4.79 Å². The van der Waals surface area contributed by atoms with E-state index < -0.39 is 11.6 Å². The van der Waals surface area contributed by atoms with E-state index in [1.54, 1.807) is 24.3 Å². The molecule has 1 atom stereocenters. The van der Waals surface area contributed by atoms with Gasteiger partial charge >= 0.3 is 25.8 Å². The quantitative estimate of drug-likeness (QED) is 0.138. The van der Waals surface area contributed by atoms with Gasteiger partial charge in [-0.05, 0) is 28.6 Å². The van der Waals surface area contributed by atoms with E-state index in [0.717, 1.165) is 17.0 Å². The van der Waals surface area contributed by atoms with Crippen molar-refractivity contribution in [2.75, 3.05) is 0 Å². The Morgan fingerprint density at radius 1 is 0.889 bits per heavy atom. The Bertz CT molecular complexity index is 781. The first-order chi connectivity index (χ1) is 16.6. The van der Waals surface area contributed by atoms with Crippen LogP contribution in [0, 0.1) is 6.07 Å². The fourth-order valence-electron chi connectivity index (χ4n) is 4.57. The summed E-state index contributed by atoms with van der Waals surface area (Å²) in [6, 6.07) is 19.3. The van der Waals surface area contributed by atoms with Crippen LogP contribution in [0.3, 0.4) is 0 Å². The predicted octanol–water partition coefficient (Wildman–Crippen LogP) is 8.44. The minimum Gasteiger partial charge on any atom is -0.435 e. The average molecular weight is 688 g/mol. The number of rotatable bonds is 7. The van der Waals surface area contributed by atoms with Crippen molar-refractivity contribution in [3.63, 3.8) is 0 Å². The number of esters is 1. The Labute approximate surface area is 234 Å². The minimum absolute atomic E-state index is 0. The second-order valence-corrected chi connectivity index (χ2v) is 13.8. The zero-order chi connectivity index (χ0) is 26.3. The van der Waals surface area contributed by atoms with Crippen LogP contribution in [-0.4, -0.2) is 28.1 Å². The predicted molar refractivity (Wildman–Crippen MR) is 151 cm³/mol. The van der Waals surface area contributed by atoms with Gasteiger partial charge in [0.25, 0.3) is 0 Å². The molecule has 3 nitrogen and oxygen atoms in total. The Morgan fingerprint density at radius 2 is 1.36 bits per heavy atom. The van der Waals surface area contributed by atoms with Crippen LogP contribution in [0.4, 0.5) is 0 Å². The molecular formula is C31H46O3OsP+. The molecule has 1 N–H and O–H groups in total. The largest absolute Gasteiger partial charge is 2.00 e. The van der Waals surface area contributed by atoms with Gasteiger partial charge in [0.1, 0.15) is 5.60 Å². The molecule has 2 aromatic carbocycles. The van der Waals surface area contributed by atoms with Crippen molar-refractivity contribution in [2.45, 2.75) is 103 Å². The second kappa shape index (κ2) is 18.8. The summed E-state index contributed by atoms with van der Waals surface area (Å²) in [6.07, 6.45) is 10.1. The van der Waals surface area contributed by atoms with E-state index in [2.05, 4.69) is 47.6 Å². The summed E-state index contributed by atoms with van der Waals surface area (Å²) in [4.78, 5) is 10.8. The molecular weight excluding hydrogens is 642 g/mol. The third kappa shape index (κ3) is 12.8. The van der Waals surface area contributed by atoms with E-state index in [-0.39, 0.29) is 27.7 Å². The van der Waals surface area contributed by atoms with E-state index >= 15 is 0 Å². The number of carbonyl (C=O) groups excluding carboxylic acids is 1. The van der Waals surface area contributed by atoms with E-state index in [0.29, 0.717) is 11.1 Å². The van der Waals surface area contributed by atoms with Crippen molar-refractivity contribution in [1.29, 1.82) is 0 Å². The molecule has 1 fully saturated rings. The number of carbonyl (C=O) groups is 1. The zero-order valence-electron chi connectivity index (χ0n) is 23.2. The summed E-state index contributed by atoms with van der Waals surface area (Å²) < 4.78 is 4.79. The Morgan fingerprint density at radius 3 is 1.72 bits per heavy atom. The van der Waals surface area contributed by atoms with Gasteiger partial charge in [-0.15, -0.1) is 5.56 Å². The first kappa shape index (κ1) is 34.7. The van der Waals surface area contributed by atoms with Crippen molar-refractivity contribution in [3.8, 4) is 0 Å². The summed E-state index contributed by atoms with van der Waals surface area (Å²) >= 11 is 0. The third-order valence-electron chi connectivity index (χ3n) is 5.92. The third-order valence-corrected chi connectivity index (χ3v) is 9.49. The van der Waals surface area contributed by atoms with Crippen LogP contribution in [0.25, 0.3) is 0 Å². The van der Waals surface area contributed by atoms with Crippen molar-refractivity contribution in [1.82, 2.24) is 0 Å². The van der Waals surface area contributed by atoms with Crippen LogP contribution >= 0.6 is 7.92 Å². The first-order valence-corrected chi connectivity index (χ1v) is 14.5. The number of aliphatic hydroxyl groups is 1. The normalized spacial score (nSPS) is 14.6. The molecule has 0 bridgehead atoms. The van der Waals surface area contributed by atoms with Crippen molar-refractivity contribution < 1.29 is 34.4 Å². The van der Waals surface area contributed by atoms with Gasteiger partial charge in [0, 0.05) is 6.92 Å². The first-order valence-electron chi connectivity index (χ1n) is 13.0. The van der Waals surface area contributed by atoms with Crippen LogP contribution in [0.5, 0.6) is 0 Å². The molecule has 0 aliphatic heterocycles. The molecule has 1 unspecified atom stereocenters. The summed E-state index contributed by atoms with van der Waals surface area (Å²) in [6.45, 7) is 15.4. The van der Waals surface area contributed by atoms with Crippen LogP contribution in [0.15, 0.2) is 66.9 Å². The average Bonchev–Trinajstić information content (AvgIpc) is 3.40. The molecule has 0 saturated heterocycles. The maximum atomic E-state index is 11.0. The van der Waals surface area contributed by atoms with Crippen molar-refractivity contribution in [2.24, 2.45) is 0 Å². The Hall–Kier alpha value is -1.32. The molecule has 2 aromatic rings. The monoisotopic (exact) mass is 689 g/mol. The molecule has 3 rings (SSSR count). The smallest absolute Gasteiger partial charge is 0.435 e. The molecule has 1 aliphatic rings. The van der Waals surface area contributed by atoms with E-state index in [9.17, 15) is 9.90 Å². The summed E-state index contributed by atoms with van der Waals surface area (Å²) in [5.41, 5.74) is 2.55. The second-order valence-electron chi connectivity index (χ2n) is 9.82. The van der Waals surface area contributed by atoms with Crippen LogP contribution < -0.4 is 0 Å². The van der Waals surface area contributed by atoms with Crippen molar-refractivity contribution >= 4 is 13.9 Å². The van der Waals surface area contributed by atoms with Gasteiger partial charge in [0.2, 0.25) is 0 Å². The molecule has 0 radical (unpaired) electrons. The molecule has 5 heteroatoms. The summed E-state index contributed by atoms with van der Waals surface area (Å²) in [5, 5.41) is 11.0. The summed E-state index contributed by atoms with van der Waals surface area (Å²) in [7, 11) is 0.262. The molecule has 36 heavy (non-hydrogen) atoms. The number of hydrogen-bond donors (Lipinski definition) is 1. The van der Waals surface area contributed by atoms with Crippen LogP contribution in [-0.2, 0) is 34.9 Å². The standard InChI is InChI=1S/C17H15O3.C9H21P.C5H10.Os/c1-14(18)20-13-12-17(19,15-8-4-2-5-9-15)16-10-6-3-7-11-16;1-7(2)10(8(3)4)9(5)6;1-2-4-5-3-1;/h2-10,12-13,19H,1H3;7-9H,1-6H3;1-5H2;/q-1;;;+2/b13-12-;;;. The van der Waals surface area contributed by atoms with Gasteiger partial charge in [0.15, 0.2) is 0 Å². The Balaban J connectivity index is 0.000000637. The number of ether oxygens (including phenoxy) is 1. The SMILES string of the molecule is C1CCCC1.CC(=O)O/C=C\C(O)(c1[c-]cccc1)c1ccccc1.CC(C)P(C(C)C)C(C)C.[Os+2]. The topological polar surface area (TPSA) is 46.5 Å². The number of benzene rings is 2. The van der Waals surface area contributed by atoms with Gasteiger partial charge in [-0.2, -0.15) is 30.3 Å². The number of hydrogen-bond acceptors (Lipinski definition) is 3. The summed E-state index contributed by atoms with van der Waals surface area (Å²) in [5.74, 6) is -0.436. The zero-order valence-corrected chi connectivity index (χ0v) is 26.6. The van der Waals surface area contributed by atoms with Crippen LogP contribution in [0.1, 0.15) is 91.7 Å². The molecule has 0 amide bonds. The molecule has 0 heterocycles. The van der Waals surface area contributed by atoms with E-state index in [1.165, 1.54) is 51.4 Å². The van der Waals surface area contributed by atoms with E-state index in [4.69, 9.17) is 4.74 Å². The van der Waals surface area contributed by atoms with Gasteiger partial charge in [-0.1, -0.05) is 112 Å². The van der Waals surface area contributed by atoms with E-state index in [1.807, 2.05) is 30.3 Å². The van der Waals surface area contributed by atoms with Crippen LogP contribution in [0.2, 0.25) is 0 Å². The fourth-order valence-corrected chi connectivity index (χ4v) is 8.14. The molecule has 1 aliphatic carbocycles. The fraction of sp³-hybridized carbons (Fsp3) is 0.516. The maximum absolute atomic E-state index is 11.0. The maximum Gasteiger partial charge on any atom is 2.00 e. The molecule has 200 valence electrons. The van der Waals surface area contributed by atoms with Gasteiger partial charge < -0.3 is 9.84 Å². The van der Waals surface area contributed by atoms with Gasteiger partial charge in [0.05, 0.1) is 6.26 Å². The minimum atomic E-state index is -1.39. The molecule has 1 saturated carbocycles. The van der Waals surface area contributed by atoms with Gasteiger partial charge in [-0.25, -0.2) is 0 Å². The Kier molecular flexibility index (Phi) is 18.2. The van der Waals surface area contributed by atoms with Crippen molar-refractivity contribution in [3.05, 3.63) is 84.1 Å².